The Morgan fingerprint density at radius 2 is 1.41 bits per heavy atom. The van der Waals surface area contributed by atoms with Gasteiger partial charge in [-0.15, -0.1) is 0 Å². The van der Waals surface area contributed by atoms with Crippen LogP contribution in [-0.4, -0.2) is 254 Å². The lowest BCUT2D eigenvalue weighted by molar-refractivity contribution is -0.389. The molecule has 0 aromatic heterocycles. The summed E-state index contributed by atoms with van der Waals surface area (Å²) >= 11 is 0. The predicted octanol–water partition coefficient (Wildman–Crippen LogP) is -5.91. The zero-order valence-electron chi connectivity index (χ0n) is 38.7. The SMILES string of the molecule is C=CCOC(=O)NC1C(O[C@@H]2OC[C@H](O)C(O)C2O)[C@@H](OC2OC(CO)[C@@H](O)C(O[C@]3(C(=O)O)CC(O)[C@@H](NC(C)=O)C(C(O)C(O)CO)O3)C2O)C(CO)O[C@H]1OCCCCCCCCC(=O)OC. The van der Waals surface area contributed by atoms with Gasteiger partial charge in [0.2, 0.25) is 5.91 Å². The van der Waals surface area contributed by atoms with Gasteiger partial charge in [-0.25, -0.2) is 9.59 Å². The molecule has 28 nitrogen and oxygen atoms in total. The Labute approximate surface area is 401 Å². The minimum atomic E-state index is -3.15. The van der Waals surface area contributed by atoms with E-state index in [9.17, 15) is 80.5 Å². The summed E-state index contributed by atoms with van der Waals surface area (Å²) in [4.78, 5) is 49.8. The summed E-state index contributed by atoms with van der Waals surface area (Å²) in [5.41, 5.74) is 0. The first-order valence-corrected chi connectivity index (χ1v) is 22.9. The molecular formula is C42H70N2O26. The Bertz CT molecular complexity index is 1650. The van der Waals surface area contributed by atoms with Crippen LogP contribution in [0.4, 0.5) is 4.79 Å². The minimum absolute atomic E-state index is 0.0133. The fourth-order valence-electron chi connectivity index (χ4n) is 8.35. The Balaban J connectivity index is 1.69. The number of hydrogen-bond donors (Lipinski definition) is 14. The number of aliphatic hydroxyl groups is 11. The molecule has 0 aromatic carbocycles. The van der Waals surface area contributed by atoms with Crippen LogP contribution in [0.15, 0.2) is 12.7 Å². The van der Waals surface area contributed by atoms with Crippen molar-refractivity contribution in [2.45, 2.75) is 180 Å². The second-order valence-corrected chi connectivity index (χ2v) is 17.2. The Kier molecular flexibility index (Phi) is 23.9. The van der Waals surface area contributed by atoms with Crippen LogP contribution < -0.4 is 10.6 Å². The number of aliphatic hydroxyl groups excluding tert-OH is 11. The van der Waals surface area contributed by atoms with Gasteiger partial charge in [0.15, 0.2) is 18.9 Å². The van der Waals surface area contributed by atoms with Crippen LogP contribution in [0.5, 0.6) is 0 Å². The van der Waals surface area contributed by atoms with E-state index in [0.29, 0.717) is 19.3 Å². The highest BCUT2D eigenvalue weighted by Gasteiger charge is 2.61. The van der Waals surface area contributed by atoms with E-state index in [-0.39, 0.29) is 25.6 Å². The van der Waals surface area contributed by atoms with Gasteiger partial charge in [-0.3, -0.25) is 9.59 Å². The number of unbranched alkanes of at least 4 members (excludes halogenated alkanes) is 5. The fourth-order valence-corrected chi connectivity index (χ4v) is 8.35. The van der Waals surface area contributed by atoms with Gasteiger partial charge in [-0.05, 0) is 12.8 Å². The van der Waals surface area contributed by atoms with Crippen LogP contribution in [-0.2, 0) is 61.8 Å². The topological polar surface area (TPSA) is 427 Å². The third-order valence-electron chi connectivity index (χ3n) is 12.1. The van der Waals surface area contributed by atoms with E-state index < -0.39 is 173 Å². The largest absolute Gasteiger partial charge is 0.477 e. The Morgan fingerprint density at radius 3 is 2.03 bits per heavy atom. The number of hydrogen-bond acceptors (Lipinski definition) is 25. The smallest absolute Gasteiger partial charge is 0.407 e. The molecule has 4 aliphatic heterocycles. The molecule has 2 amide bonds. The van der Waals surface area contributed by atoms with Gasteiger partial charge in [0.05, 0.1) is 45.7 Å². The summed E-state index contributed by atoms with van der Waals surface area (Å²) in [6.07, 6.45) is -29.4. The minimum Gasteiger partial charge on any atom is -0.477 e. The molecular weight excluding hydrogens is 948 g/mol. The number of esters is 1. The normalized spacial score (nSPS) is 37.6. The van der Waals surface area contributed by atoms with E-state index in [1.54, 1.807) is 0 Å². The summed E-state index contributed by atoms with van der Waals surface area (Å²) in [5.74, 6) is -6.27. The van der Waals surface area contributed by atoms with Crippen molar-refractivity contribution >= 4 is 23.9 Å². The maximum absolute atomic E-state index is 13.2. The van der Waals surface area contributed by atoms with Crippen molar-refractivity contribution in [3.8, 4) is 0 Å². The monoisotopic (exact) mass is 1020 g/mol. The van der Waals surface area contributed by atoms with Crippen LogP contribution in [0.2, 0.25) is 0 Å². The molecule has 0 spiro atoms. The molecule has 404 valence electrons. The number of nitrogens with one attached hydrogen (secondary N) is 2. The number of carboxylic acid groups (broad SMARTS) is 1. The number of carbonyl (C=O) groups is 4. The molecule has 13 unspecified atom stereocenters. The van der Waals surface area contributed by atoms with Crippen molar-refractivity contribution in [3.63, 3.8) is 0 Å². The average molecular weight is 1020 g/mol. The molecule has 4 heterocycles. The van der Waals surface area contributed by atoms with Gasteiger partial charge in [-0.1, -0.05) is 38.3 Å². The van der Waals surface area contributed by atoms with Crippen molar-refractivity contribution < 1.29 is 128 Å². The molecule has 70 heavy (non-hydrogen) atoms. The fraction of sp³-hybridized carbons (Fsp3) is 0.857. The number of carbonyl (C=O) groups excluding carboxylic acids is 3. The molecule has 0 bridgehead atoms. The van der Waals surface area contributed by atoms with Crippen molar-refractivity contribution in [1.82, 2.24) is 10.6 Å². The third kappa shape index (κ3) is 15.3. The maximum atomic E-state index is 13.2. The maximum Gasteiger partial charge on any atom is 0.407 e. The van der Waals surface area contributed by atoms with E-state index in [2.05, 4.69) is 21.9 Å². The number of alkyl carbamates (subject to hydrolysis) is 1. The first-order valence-electron chi connectivity index (χ1n) is 22.9. The van der Waals surface area contributed by atoms with Gasteiger partial charge in [0, 0.05) is 26.4 Å². The molecule has 4 aliphatic rings. The molecule has 0 aliphatic carbocycles. The summed E-state index contributed by atoms with van der Waals surface area (Å²) < 4.78 is 57.1. The van der Waals surface area contributed by atoms with Crippen molar-refractivity contribution in [1.29, 1.82) is 0 Å². The van der Waals surface area contributed by atoms with Gasteiger partial charge in [-0.2, -0.15) is 0 Å². The second kappa shape index (κ2) is 28.2. The van der Waals surface area contributed by atoms with E-state index in [4.69, 9.17) is 42.6 Å². The number of carboxylic acids is 1. The molecule has 4 fully saturated rings. The highest BCUT2D eigenvalue weighted by molar-refractivity contribution is 5.76. The summed E-state index contributed by atoms with van der Waals surface area (Å²) in [6, 6.07) is -3.19. The van der Waals surface area contributed by atoms with E-state index in [1.165, 1.54) is 13.2 Å². The Hall–Kier alpha value is -3.34. The van der Waals surface area contributed by atoms with E-state index in [0.717, 1.165) is 26.2 Å². The molecule has 0 saturated carbocycles. The third-order valence-corrected chi connectivity index (χ3v) is 12.1. The van der Waals surface area contributed by atoms with E-state index >= 15 is 0 Å². The first-order chi connectivity index (χ1) is 33.3. The molecule has 20 atom stereocenters. The quantitative estimate of drug-likeness (QED) is 0.0218. The molecule has 28 heteroatoms. The van der Waals surface area contributed by atoms with Crippen molar-refractivity contribution in [3.05, 3.63) is 12.7 Å². The van der Waals surface area contributed by atoms with Gasteiger partial charge in [0.25, 0.3) is 5.79 Å². The van der Waals surface area contributed by atoms with Crippen LogP contribution in [0.25, 0.3) is 0 Å². The lowest BCUT2D eigenvalue weighted by atomic mass is 9.88. The number of ether oxygens (including phenoxy) is 10. The number of methoxy groups -OCH3 is 1. The number of amides is 2. The van der Waals surface area contributed by atoms with Crippen molar-refractivity contribution in [2.24, 2.45) is 0 Å². The van der Waals surface area contributed by atoms with Crippen LogP contribution in [0, 0.1) is 0 Å². The molecule has 0 radical (unpaired) electrons. The first kappa shape index (κ1) is 59.2. The summed E-state index contributed by atoms with van der Waals surface area (Å²) in [7, 11) is 1.31. The van der Waals surface area contributed by atoms with E-state index in [1.807, 2.05) is 0 Å². The van der Waals surface area contributed by atoms with Crippen LogP contribution in [0.3, 0.4) is 0 Å². The van der Waals surface area contributed by atoms with Gasteiger partial charge in [0.1, 0.15) is 92.0 Å². The lowest BCUT2D eigenvalue weighted by Gasteiger charge is -2.51. The highest BCUT2D eigenvalue weighted by Crippen LogP contribution is 2.39. The second-order valence-electron chi connectivity index (χ2n) is 17.2. The predicted molar refractivity (Wildman–Crippen MR) is 227 cm³/mol. The van der Waals surface area contributed by atoms with Crippen molar-refractivity contribution in [2.75, 3.05) is 46.8 Å². The van der Waals surface area contributed by atoms with Crippen LogP contribution in [0.1, 0.15) is 58.3 Å². The Morgan fingerprint density at radius 1 is 0.771 bits per heavy atom. The summed E-state index contributed by atoms with van der Waals surface area (Å²) in [6.45, 7) is 0.526. The molecule has 4 rings (SSSR count). The average Bonchev–Trinajstić information content (AvgIpc) is 3.33. The molecule has 14 N–H and O–H groups in total. The lowest BCUT2D eigenvalue weighted by Crippen LogP contribution is -2.71. The number of rotatable bonds is 26. The zero-order valence-corrected chi connectivity index (χ0v) is 38.7. The van der Waals surface area contributed by atoms with Gasteiger partial charge < -0.3 is 119 Å². The zero-order chi connectivity index (χ0) is 51.9. The standard InChI is InChI=1S/C42H70N2O26/c1-4-12-63-41(60)44-27-35(68-38-31(56)28(53)22(51)18-64-38)33(24(17-47)66-37(27)62-13-10-8-6-5-7-9-11-25(52)61-3)67-39-32(57)36(30(55)23(16-46)65-39)70-42(40(58)59)14-20(49)26(43-19(2)48)34(69-42)29(54)21(50)15-45/h4,20-24,26-39,45-47,49-51,53-57H,1,5-18H2,2-3H3,(H,43,48)(H,44,60)(H,58,59)/t20?,21?,22-,23?,24?,26+,27?,28?,29?,30+,31?,32?,33-,34?,35?,36?,37+,38-,39?,42-/m0/s1. The van der Waals surface area contributed by atoms with Crippen LogP contribution >= 0.6 is 0 Å². The molecule has 0 aromatic rings. The van der Waals surface area contributed by atoms with Gasteiger partial charge >= 0.3 is 18.0 Å². The molecule has 4 saturated heterocycles. The number of aliphatic carboxylic acids is 1. The summed E-state index contributed by atoms with van der Waals surface area (Å²) in [5, 5.41) is 133. The highest BCUT2D eigenvalue weighted by atomic mass is 16.8.